The highest BCUT2D eigenvalue weighted by atomic mass is 16.3. The molecule has 0 heterocycles. The van der Waals surface area contributed by atoms with Crippen molar-refractivity contribution in [3.05, 3.63) is 29.3 Å². The predicted molar refractivity (Wildman–Crippen MR) is 61.0 cm³/mol. The molecule has 15 heavy (non-hydrogen) atoms. The average Bonchev–Trinajstić information content (AvgIpc) is 2.10. The number of Topliss-reactive ketones (excluding diaryl/α,β-unsaturated/α-hetero) is 1. The average molecular weight is 206 g/mol. The molecule has 0 aliphatic rings. The molecule has 82 valence electrons. The van der Waals surface area contributed by atoms with Crippen molar-refractivity contribution in [3.63, 3.8) is 0 Å². The Morgan fingerprint density at radius 2 is 2.13 bits per heavy atom. The summed E-state index contributed by atoms with van der Waals surface area (Å²) in [4.78, 5) is 10.9. The topological polar surface area (TPSA) is 37.3 Å². The van der Waals surface area contributed by atoms with E-state index in [4.69, 9.17) is 0 Å². The Morgan fingerprint density at radius 1 is 1.47 bits per heavy atom. The van der Waals surface area contributed by atoms with Crippen molar-refractivity contribution < 1.29 is 9.90 Å². The van der Waals surface area contributed by atoms with Gasteiger partial charge >= 0.3 is 0 Å². The van der Waals surface area contributed by atoms with Crippen LogP contribution in [-0.2, 0) is 11.2 Å². The van der Waals surface area contributed by atoms with Gasteiger partial charge < -0.3 is 9.90 Å². The normalized spacial score (nSPS) is 12.5. The molecule has 2 heteroatoms. The number of phenols is 1. The fourth-order valence-electron chi connectivity index (χ4n) is 1.81. The van der Waals surface area contributed by atoms with Gasteiger partial charge in [-0.25, -0.2) is 0 Å². The highest BCUT2D eigenvalue weighted by molar-refractivity contribution is 5.75. The number of carbonyl (C=O) groups is 1. The third-order valence-electron chi connectivity index (χ3n) is 2.48. The second kappa shape index (κ2) is 4.96. The van der Waals surface area contributed by atoms with Crippen molar-refractivity contribution in [3.8, 4) is 5.75 Å². The van der Waals surface area contributed by atoms with Gasteiger partial charge in [-0.05, 0) is 43.4 Å². The molecule has 1 atom stereocenters. The van der Waals surface area contributed by atoms with E-state index in [0.29, 0.717) is 18.1 Å². The molecule has 0 saturated carbocycles. The van der Waals surface area contributed by atoms with Crippen LogP contribution in [0.2, 0.25) is 0 Å². The molecular formula is C13H18O2. The summed E-state index contributed by atoms with van der Waals surface area (Å²) in [6.07, 6.45) is 1.51. The molecule has 1 rings (SSSR count). The molecule has 1 aromatic carbocycles. The van der Waals surface area contributed by atoms with Crippen LogP contribution in [0.5, 0.6) is 5.75 Å². The van der Waals surface area contributed by atoms with E-state index in [1.807, 2.05) is 19.1 Å². The zero-order chi connectivity index (χ0) is 11.4. The Balaban J connectivity index is 2.64. The van der Waals surface area contributed by atoms with E-state index in [-0.39, 0.29) is 5.78 Å². The third-order valence-corrected chi connectivity index (χ3v) is 2.48. The fraction of sp³-hybridized carbons (Fsp3) is 0.462. The number of carbonyl (C=O) groups excluding carboxylic acids is 1. The number of rotatable bonds is 4. The Hall–Kier alpha value is -1.31. The van der Waals surface area contributed by atoms with Gasteiger partial charge in [-0.2, -0.15) is 0 Å². The molecule has 1 N–H and O–H groups in total. The number of aromatic hydroxyl groups is 1. The quantitative estimate of drug-likeness (QED) is 0.822. The van der Waals surface area contributed by atoms with Gasteiger partial charge in [0.25, 0.3) is 0 Å². The third kappa shape index (κ3) is 3.74. The number of aryl methyl sites for hydroxylation is 1. The molecule has 0 aromatic heterocycles. The van der Waals surface area contributed by atoms with Gasteiger partial charge in [0.2, 0.25) is 0 Å². The smallest absolute Gasteiger partial charge is 0.130 e. The van der Waals surface area contributed by atoms with Gasteiger partial charge in [0.05, 0.1) is 0 Å². The van der Waals surface area contributed by atoms with Crippen LogP contribution < -0.4 is 0 Å². The van der Waals surface area contributed by atoms with Gasteiger partial charge in [0.15, 0.2) is 0 Å². The van der Waals surface area contributed by atoms with E-state index in [2.05, 4.69) is 6.92 Å². The molecule has 0 amide bonds. The lowest BCUT2D eigenvalue weighted by molar-refractivity contribution is -0.117. The maximum atomic E-state index is 10.9. The number of ketones is 1. The molecule has 0 bridgehead atoms. The van der Waals surface area contributed by atoms with Crippen molar-refractivity contribution in [1.82, 2.24) is 0 Å². The Kier molecular flexibility index (Phi) is 3.89. The van der Waals surface area contributed by atoms with Gasteiger partial charge in [0, 0.05) is 6.42 Å². The van der Waals surface area contributed by atoms with Gasteiger partial charge in [-0.3, -0.25) is 0 Å². The lowest BCUT2D eigenvalue weighted by atomic mass is 9.95. The van der Waals surface area contributed by atoms with Crippen LogP contribution in [0.3, 0.4) is 0 Å². The molecule has 1 aromatic rings. The highest BCUT2D eigenvalue weighted by Crippen LogP contribution is 2.20. The standard InChI is InChI=1S/C13H18O2/c1-9(6-11(3)14)7-12-4-5-13(15)10(2)8-12/h4-5,8-9,15H,6-7H2,1-3H3. The molecular weight excluding hydrogens is 188 g/mol. The van der Waals surface area contributed by atoms with E-state index in [0.717, 1.165) is 12.0 Å². The molecule has 0 saturated heterocycles. The zero-order valence-electron chi connectivity index (χ0n) is 9.58. The monoisotopic (exact) mass is 206 g/mol. The number of hydrogen-bond acceptors (Lipinski definition) is 2. The zero-order valence-corrected chi connectivity index (χ0v) is 9.58. The lowest BCUT2D eigenvalue weighted by Crippen LogP contribution is -2.05. The minimum Gasteiger partial charge on any atom is -0.508 e. The highest BCUT2D eigenvalue weighted by Gasteiger charge is 2.07. The van der Waals surface area contributed by atoms with Crippen LogP contribution in [0.1, 0.15) is 31.4 Å². The van der Waals surface area contributed by atoms with Crippen molar-refractivity contribution in [2.45, 2.75) is 33.6 Å². The second-order valence-electron chi connectivity index (χ2n) is 4.34. The van der Waals surface area contributed by atoms with Gasteiger partial charge in [-0.15, -0.1) is 0 Å². The van der Waals surface area contributed by atoms with E-state index in [9.17, 15) is 9.90 Å². The Labute approximate surface area is 90.9 Å². The maximum absolute atomic E-state index is 10.9. The summed E-state index contributed by atoms with van der Waals surface area (Å²) in [6, 6.07) is 5.61. The minimum atomic E-state index is 0.234. The largest absolute Gasteiger partial charge is 0.508 e. The van der Waals surface area contributed by atoms with Crippen LogP contribution in [0.15, 0.2) is 18.2 Å². The van der Waals surface area contributed by atoms with E-state index >= 15 is 0 Å². The summed E-state index contributed by atoms with van der Waals surface area (Å²) in [5.41, 5.74) is 2.07. The maximum Gasteiger partial charge on any atom is 0.130 e. The Morgan fingerprint density at radius 3 is 2.67 bits per heavy atom. The predicted octanol–water partition coefficient (Wildman–Crippen LogP) is 2.86. The van der Waals surface area contributed by atoms with Crippen molar-refractivity contribution in [1.29, 1.82) is 0 Å². The van der Waals surface area contributed by atoms with Crippen molar-refractivity contribution >= 4 is 5.78 Å². The summed E-state index contributed by atoms with van der Waals surface area (Å²) in [5, 5.41) is 9.37. The molecule has 1 unspecified atom stereocenters. The molecule has 0 spiro atoms. The van der Waals surface area contributed by atoms with Crippen LogP contribution >= 0.6 is 0 Å². The summed E-state index contributed by atoms with van der Waals surface area (Å²) < 4.78 is 0. The Bertz CT molecular complexity index is 356. The van der Waals surface area contributed by atoms with Crippen molar-refractivity contribution in [2.24, 2.45) is 5.92 Å². The van der Waals surface area contributed by atoms with E-state index in [1.54, 1.807) is 13.0 Å². The number of benzene rings is 1. The molecule has 2 nitrogen and oxygen atoms in total. The second-order valence-corrected chi connectivity index (χ2v) is 4.34. The van der Waals surface area contributed by atoms with Crippen LogP contribution in [0.4, 0.5) is 0 Å². The summed E-state index contributed by atoms with van der Waals surface area (Å²) in [5.74, 6) is 0.933. The lowest BCUT2D eigenvalue weighted by Gasteiger charge is -2.10. The summed E-state index contributed by atoms with van der Waals surface area (Å²) in [6.45, 7) is 5.58. The van der Waals surface area contributed by atoms with Crippen LogP contribution in [-0.4, -0.2) is 10.9 Å². The first-order valence-electron chi connectivity index (χ1n) is 5.27. The number of phenolic OH excluding ortho intramolecular Hbond substituents is 1. The minimum absolute atomic E-state index is 0.234. The molecule has 0 fully saturated rings. The van der Waals surface area contributed by atoms with Gasteiger partial charge in [0.1, 0.15) is 11.5 Å². The first-order valence-corrected chi connectivity index (χ1v) is 5.27. The first kappa shape index (κ1) is 11.8. The number of hydrogen-bond donors (Lipinski definition) is 1. The summed E-state index contributed by atoms with van der Waals surface area (Å²) in [7, 11) is 0. The van der Waals surface area contributed by atoms with Crippen molar-refractivity contribution in [2.75, 3.05) is 0 Å². The first-order chi connectivity index (χ1) is 6.99. The molecule has 0 aliphatic heterocycles. The fourth-order valence-corrected chi connectivity index (χ4v) is 1.81. The molecule has 0 radical (unpaired) electrons. The van der Waals surface area contributed by atoms with Crippen LogP contribution in [0, 0.1) is 12.8 Å². The van der Waals surface area contributed by atoms with E-state index < -0.39 is 0 Å². The van der Waals surface area contributed by atoms with Gasteiger partial charge in [-0.1, -0.05) is 19.1 Å². The summed E-state index contributed by atoms with van der Waals surface area (Å²) >= 11 is 0. The SMILES string of the molecule is CC(=O)CC(C)Cc1ccc(O)c(C)c1. The van der Waals surface area contributed by atoms with E-state index in [1.165, 1.54) is 5.56 Å². The molecule has 0 aliphatic carbocycles. The van der Waals surface area contributed by atoms with Crippen LogP contribution in [0.25, 0.3) is 0 Å².